The van der Waals surface area contributed by atoms with Crippen LogP contribution in [0.5, 0.6) is 0 Å². The van der Waals surface area contributed by atoms with Crippen LogP contribution in [0.25, 0.3) is 0 Å². The van der Waals surface area contributed by atoms with Gasteiger partial charge in [0, 0.05) is 24.8 Å². The maximum atomic E-state index is 11.6. The lowest BCUT2D eigenvalue weighted by molar-refractivity contribution is 0.436. The first-order valence-corrected chi connectivity index (χ1v) is 6.58. The Morgan fingerprint density at radius 3 is 2.65 bits per heavy atom. The van der Waals surface area contributed by atoms with E-state index in [0.29, 0.717) is 5.92 Å². The fraction of sp³-hybridized carbons (Fsp3) is 0.692. The summed E-state index contributed by atoms with van der Waals surface area (Å²) in [5.41, 5.74) is 0.890. The number of anilines is 1. The fourth-order valence-electron chi connectivity index (χ4n) is 2.48. The van der Waals surface area contributed by atoms with E-state index in [-0.39, 0.29) is 5.69 Å². The number of piperidine rings is 1. The Bertz CT molecular complexity index is 456. The predicted molar refractivity (Wildman–Crippen MR) is 67.4 cm³/mol. The van der Waals surface area contributed by atoms with Gasteiger partial charge in [-0.2, -0.15) is 4.98 Å². The van der Waals surface area contributed by atoms with Gasteiger partial charge in [0.15, 0.2) is 0 Å². The Morgan fingerprint density at radius 1 is 1.29 bits per heavy atom. The average Bonchev–Trinajstić information content (AvgIpc) is 3.13. The molecule has 0 atom stereocenters. The molecule has 1 N–H and O–H groups in total. The maximum Gasteiger partial charge on any atom is 0.347 e. The molecule has 2 aliphatic rings. The minimum atomic E-state index is -0.192. The molecule has 1 saturated heterocycles. The average molecular weight is 233 g/mol. The maximum absolute atomic E-state index is 11.6. The zero-order valence-corrected chi connectivity index (χ0v) is 10.3. The van der Waals surface area contributed by atoms with Crippen molar-refractivity contribution in [3.8, 4) is 0 Å². The van der Waals surface area contributed by atoms with E-state index in [4.69, 9.17) is 0 Å². The lowest BCUT2D eigenvalue weighted by Crippen LogP contribution is -2.34. The molecule has 17 heavy (non-hydrogen) atoms. The highest BCUT2D eigenvalue weighted by Crippen LogP contribution is 2.39. The zero-order valence-electron chi connectivity index (χ0n) is 10.3. The first-order valence-electron chi connectivity index (χ1n) is 6.58. The van der Waals surface area contributed by atoms with Crippen molar-refractivity contribution in [1.29, 1.82) is 0 Å². The molecule has 1 aliphatic heterocycles. The molecule has 2 heterocycles. The predicted octanol–water partition coefficient (Wildman–Crippen LogP) is 1.88. The number of hydrogen-bond donors (Lipinski definition) is 1. The summed E-state index contributed by atoms with van der Waals surface area (Å²) in [4.78, 5) is 20.8. The Kier molecular flexibility index (Phi) is 2.65. The van der Waals surface area contributed by atoms with Crippen LogP contribution in [0.1, 0.15) is 44.2 Å². The number of nitrogens with zero attached hydrogens (tertiary/aromatic N) is 2. The molecular weight excluding hydrogens is 214 g/mol. The van der Waals surface area contributed by atoms with Crippen LogP contribution in [0.2, 0.25) is 0 Å². The molecule has 1 aromatic heterocycles. The molecule has 0 amide bonds. The molecule has 1 saturated carbocycles. The smallest absolute Gasteiger partial charge is 0.347 e. The SMILES string of the molecule is CC1CCN(c2cc(C3CC3)[nH]c(=O)n2)CC1. The molecule has 4 nitrogen and oxygen atoms in total. The second kappa shape index (κ2) is 4.17. The summed E-state index contributed by atoms with van der Waals surface area (Å²) >= 11 is 0. The monoisotopic (exact) mass is 233 g/mol. The van der Waals surface area contributed by atoms with Gasteiger partial charge in [0.05, 0.1) is 0 Å². The van der Waals surface area contributed by atoms with Crippen LogP contribution in [-0.2, 0) is 0 Å². The highest BCUT2D eigenvalue weighted by atomic mass is 16.1. The van der Waals surface area contributed by atoms with Gasteiger partial charge < -0.3 is 9.88 Å². The Balaban J connectivity index is 1.84. The second-order valence-electron chi connectivity index (χ2n) is 5.44. The van der Waals surface area contributed by atoms with Crippen LogP contribution in [0.4, 0.5) is 5.82 Å². The number of rotatable bonds is 2. The summed E-state index contributed by atoms with van der Waals surface area (Å²) < 4.78 is 0. The zero-order chi connectivity index (χ0) is 11.8. The third kappa shape index (κ3) is 2.35. The molecule has 0 aromatic carbocycles. The summed E-state index contributed by atoms with van der Waals surface area (Å²) in [6, 6.07) is 2.08. The molecule has 4 heteroatoms. The molecular formula is C13H19N3O. The number of aromatic amines is 1. The number of nitrogens with one attached hydrogen (secondary N) is 1. The minimum Gasteiger partial charge on any atom is -0.356 e. The molecule has 0 bridgehead atoms. The van der Waals surface area contributed by atoms with Crippen LogP contribution < -0.4 is 10.6 Å². The molecule has 2 fully saturated rings. The van der Waals surface area contributed by atoms with Gasteiger partial charge >= 0.3 is 5.69 Å². The summed E-state index contributed by atoms with van der Waals surface area (Å²) in [6.07, 6.45) is 4.81. The largest absolute Gasteiger partial charge is 0.356 e. The fourth-order valence-corrected chi connectivity index (χ4v) is 2.48. The summed E-state index contributed by atoms with van der Waals surface area (Å²) in [5.74, 6) is 2.26. The second-order valence-corrected chi connectivity index (χ2v) is 5.44. The van der Waals surface area contributed by atoms with E-state index in [1.165, 1.54) is 25.7 Å². The van der Waals surface area contributed by atoms with Crippen molar-refractivity contribution >= 4 is 5.82 Å². The normalized spacial score (nSPS) is 21.8. The lowest BCUT2D eigenvalue weighted by atomic mass is 9.99. The van der Waals surface area contributed by atoms with Crippen molar-refractivity contribution in [1.82, 2.24) is 9.97 Å². The van der Waals surface area contributed by atoms with Gasteiger partial charge in [-0.1, -0.05) is 6.92 Å². The van der Waals surface area contributed by atoms with Crippen molar-refractivity contribution in [2.75, 3.05) is 18.0 Å². The van der Waals surface area contributed by atoms with Crippen molar-refractivity contribution in [2.24, 2.45) is 5.92 Å². The summed E-state index contributed by atoms with van der Waals surface area (Å²) in [6.45, 7) is 4.35. The molecule has 92 valence electrons. The van der Waals surface area contributed by atoms with E-state index in [1.807, 2.05) is 0 Å². The molecule has 0 spiro atoms. The Hall–Kier alpha value is -1.32. The van der Waals surface area contributed by atoms with Crippen molar-refractivity contribution in [3.05, 3.63) is 22.2 Å². The van der Waals surface area contributed by atoms with E-state index < -0.39 is 0 Å². The minimum absolute atomic E-state index is 0.192. The van der Waals surface area contributed by atoms with Crippen LogP contribution >= 0.6 is 0 Å². The van der Waals surface area contributed by atoms with Gasteiger partial charge in [0.2, 0.25) is 0 Å². The lowest BCUT2D eigenvalue weighted by Gasteiger charge is -2.31. The number of aromatic nitrogens is 2. The van der Waals surface area contributed by atoms with Crippen molar-refractivity contribution in [3.63, 3.8) is 0 Å². The third-order valence-corrected chi connectivity index (χ3v) is 3.88. The van der Waals surface area contributed by atoms with Gasteiger partial charge in [-0.25, -0.2) is 4.79 Å². The quantitative estimate of drug-likeness (QED) is 0.848. The van der Waals surface area contributed by atoms with Gasteiger partial charge in [-0.05, 0) is 37.5 Å². The van der Waals surface area contributed by atoms with E-state index in [2.05, 4.69) is 27.9 Å². The first-order chi connectivity index (χ1) is 8.22. The molecule has 3 rings (SSSR count). The van der Waals surface area contributed by atoms with Gasteiger partial charge in [0.1, 0.15) is 5.82 Å². The molecule has 0 radical (unpaired) electrons. The molecule has 1 aliphatic carbocycles. The van der Waals surface area contributed by atoms with Crippen LogP contribution in [0.15, 0.2) is 10.9 Å². The number of hydrogen-bond acceptors (Lipinski definition) is 3. The standard InChI is InChI=1S/C13H19N3O/c1-9-4-6-16(7-5-9)12-8-11(10-2-3-10)14-13(17)15-12/h8-10H,2-7H2,1H3,(H,14,15,17). The van der Waals surface area contributed by atoms with E-state index >= 15 is 0 Å². The number of H-pyrrole nitrogens is 1. The van der Waals surface area contributed by atoms with Gasteiger partial charge in [0.25, 0.3) is 0 Å². The van der Waals surface area contributed by atoms with E-state index in [9.17, 15) is 4.79 Å². The molecule has 0 unspecified atom stereocenters. The van der Waals surface area contributed by atoms with Gasteiger partial charge in [-0.3, -0.25) is 0 Å². The van der Waals surface area contributed by atoms with Crippen LogP contribution in [0, 0.1) is 5.92 Å². The topological polar surface area (TPSA) is 49.0 Å². The first kappa shape index (κ1) is 10.8. The van der Waals surface area contributed by atoms with E-state index in [1.54, 1.807) is 0 Å². The summed E-state index contributed by atoms with van der Waals surface area (Å²) in [5, 5.41) is 0. The summed E-state index contributed by atoms with van der Waals surface area (Å²) in [7, 11) is 0. The van der Waals surface area contributed by atoms with Gasteiger partial charge in [-0.15, -0.1) is 0 Å². The highest BCUT2D eigenvalue weighted by Gasteiger charge is 2.26. The van der Waals surface area contributed by atoms with E-state index in [0.717, 1.165) is 30.5 Å². The Labute approximate surface area is 101 Å². The van der Waals surface area contributed by atoms with Crippen molar-refractivity contribution in [2.45, 2.75) is 38.5 Å². The van der Waals surface area contributed by atoms with Crippen molar-refractivity contribution < 1.29 is 0 Å². The Morgan fingerprint density at radius 2 is 2.00 bits per heavy atom. The third-order valence-electron chi connectivity index (χ3n) is 3.88. The highest BCUT2D eigenvalue weighted by molar-refractivity contribution is 5.40. The van der Waals surface area contributed by atoms with Crippen LogP contribution in [0.3, 0.4) is 0 Å². The van der Waals surface area contributed by atoms with Crippen LogP contribution in [-0.4, -0.2) is 23.1 Å². The molecule has 1 aromatic rings.